The van der Waals surface area contributed by atoms with E-state index in [2.05, 4.69) is 4.99 Å². The Morgan fingerprint density at radius 1 is 1.10 bits per heavy atom. The van der Waals surface area contributed by atoms with Crippen molar-refractivity contribution >= 4 is 11.9 Å². The number of nitrogens with two attached hydrogens (primary N) is 2. The minimum Gasteiger partial charge on any atom is -0.467 e. The highest BCUT2D eigenvalue weighted by molar-refractivity contribution is 5.91. The lowest BCUT2D eigenvalue weighted by atomic mass is 10.2. The van der Waals surface area contributed by atoms with Gasteiger partial charge < -0.3 is 20.8 Å². The molecule has 0 aliphatic heterocycles. The highest BCUT2D eigenvalue weighted by Crippen LogP contribution is 2.11. The minimum atomic E-state index is -0.132. The Kier molecular flexibility index (Phi) is 4.39. The van der Waals surface area contributed by atoms with E-state index in [1.807, 2.05) is 36.4 Å². The summed E-state index contributed by atoms with van der Waals surface area (Å²) >= 11 is 0. The molecule has 0 radical (unpaired) electrons. The van der Waals surface area contributed by atoms with E-state index in [0.717, 1.165) is 11.3 Å². The van der Waals surface area contributed by atoms with Crippen LogP contribution in [-0.4, -0.2) is 16.8 Å². The molecule has 0 fully saturated rings. The van der Waals surface area contributed by atoms with Gasteiger partial charge in [0.2, 0.25) is 5.96 Å². The average molecular weight is 271 g/mol. The molecule has 0 unspecified atom stereocenters. The van der Waals surface area contributed by atoms with Gasteiger partial charge in [0.25, 0.3) is 0 Å². The molecule has 0 aliphatic rings. The summed E-state index contributed by atoms with van der Waals surface area (Å²) in [6.45, 7) is 0.953. The lowest BCUT2D eigenvalue weighted by Gasteiger charge is -2.21. The summed E-state index contributed by atoms with van der Waals surface area (Å²) in [6, 6.07) is 13.5. The molecule has 2 aromatic rings. The number of rotatable bonds is 4. The highest BCUT2D eigenvalue weighted by atomic mass is 16.3. The third-order valence-electron chi connectivity index (χ3n) is 2.68. The van der Waals surface area contributed by atoms with Gasteiger partial charge in [-0.25, -0.2) is 0 Å². The third kappa shape index (κ3) is 3.88. The molecule has 6 heteroatoms. The molecule has 0 bridgehead atoms. The van der Waals surface area contributed by atoms with Crippen molar-refractivity contribution in [2.75, 3.05) is 0 Å². The fourth-order valence-electron chi connectivity index (χ4n) is 1.79. The third-order valence-corrected chi connectivity index (χ3v) is 2.68. The maximum atomic E-state index is 7.96. The van der Waals surface area contributed by atoms with Crippen molar-refractivity contribution in [3.8, 4) is 0 Å². The summed E-state index contributed by atoms with van der Waals surface area (Å²) in [6.07, 6.45) is 1.60. The number of guanidine groups is 2. The van der Waals surface area contributed by atoms with Crippen molar-refractivity contribution in [2.24, 2.45) is 16.5 Å². The van der Waals surface area contributed by atoms with Gasteiger partial charge in [0.15, 0.2) is 5.96 Å². The second-order valence-electron chi connectivity index (χ2n) is 4.28. The maximum Gasteiger partial charge on any atom is 0.221 e. The van der Waals surface area contributed by atoms with Crippen LogP contribution in [0.15, 0.2) is 58.1 Å². The predicted octanol–water partition coefficient (Wildman–Crippen LogP) is 1.49. The number of nitrogens with one attached hydrogen (secondary N) is 1. The molecule has 0 spiro atoms. The van der Waals surface area contributed by atoms with E-state index in [1.54, 1.807) is 17.2 Å². The van der Waals surface area contributed by atoms with Gasteiger partial charge in [0, 0.05) is 6.54 Å². The molecule has 0 amide bonds. The molecule has 104 valence electrons. The molecular weight excluding hydrogens is 254 g/mol. The number of benzene rings is 1. The summed E-state index contributed by atoms with van der Waals surface area (Å²) in [4.78, 5) is 5.52. The number of furan rings is 1. The molecule has 2 rings (SSSR count). The number of hydrogen-bond acceptors (Lipinski definition) is 2. The Morgan fingerprint density at radius 3 is 2.45 bits per heavy atom. The van der Waals surface area contributed by atoms with E-state index in [-0.39, 0.29) is 11.9 Å². The average Bonchev–Trinajstić information content (AvgIpc) is 2.91. The first-order valence-electron chi connectivity index (χ1n) is 6.14. The van der Waals surface area contributed by atoms with E-state index < -0.39 is 0 Å². The normalized spacial score (nSPS) is 10.0. The molecule has 0 saturated heterocycles. The van der Waals surface area contributed by atoms with Crippen LogP contribution in [0.25, 0.3) is 0 Å². The van der Waals surface area contributed by atoms with Crippen LogP contribution in [0.5, 0.6) is 0 Å². The Labute approximate surface area is 117 Å². The van der Waals surface area contributed by atoms with Crippen LogP contribution in [0, 0.1) is 5.41 Å². The Bertz CT molecular complexity index is 573. The van der Waals surface area contributed by atoms with Gasteiger partial charge in [0.1, 0.15) is 5.76 Å². The zero-order valence-corrected chi connectivity index (χ0v) is 11.0. The van der Waals surface area contributed by atoms with Gasteiger partial charge in [-0.15, -0.1) is 0 Å². The second kappa shape index (κ2) is 6.42. The van der Waals surface area contributed by atoms with Gasteiger partial charge in [-0.05, 0) is 17.7 Å². The van der Waals surface area contributed by atoms with Crippen molar-refractivity contribution in [2.45, 2.75) is 13.1 Å². The molecule has 0 saturated carbocycles. The molecule has 1 aromatic heterocycles. The zero-order chi connectivity index (χ0) is 14.4. The molecule has 1 aromatic carbocycles. The minimum absolute atomic E-state index is 0.00486. The summed E-state index contributed by atoms with van der Waals surface area (Å²) < 4.78 is 5.31. The molecule has 1 heterocycles. The lowest BCUT2D eigenvalue weighted by Crippen LogP contribution is -2.32. The lowest BCUT2D eigenvalue weighted by molar-refractivity contribution is 0.351. The summed E-state index contributed by atoms with van der Waals surface area (Å²) in [5.74, 6) is 0.620. The van der Waals surface area contributed by atoms with E-state index >= 15 is 0 Å². The SMILES string of the molecule is N=C(N=C(N)N)N(Cc1ccccc1)Cc1ccco1. The first-order valence-corrected chi connectivity index (χ1v) is 6.14. The van der Waals surface area contributed by atoms with Crippen LogP contribution >= 0.6 is 0 Å². The zero-order valence-electron chi connectivity index (χ0n) is 11.0. The van der Waals surface area contributed by atoms with Gasteiger partial charge >= 0.3 is 0 Å². The van der Waals surface area contributed by atoms with Crippen LogP contribution in [0.4, 0.5) is 0 Å². The number of nitrogens with zero attached hydrogens (tertiary/aromatic N) is 2. The molecule has 0 aliphatic carbocycles. The van der Waals surface area contributed by atoms with Crippen LogP contribution < -0.4 is 11.5 Å². The van der Waals surface area contributed by atoms with Crippen molar-refractivity contribution < 1.29 is 4.42 Å². The fourth-order valence-corrected chi connectivity index (χ4v) is 1.79. The molecule has 6 nitrogen and oxygen atoms in total. The summed E-state index contributed by atoms with van der Waals surface area (Å²) in [5.41, 5.74) is 11.7. The van der Waals surface area contributed by atoms with Crippen LogP contribution in [-0.2, 0) is 13.1 Å². The smallest absolute Gasteiger partial charge is 0.221 e. The summed E-state index contributed by atoms with van der Waals surface area (Å²) in [7, 11) is 0. The predicted molar refractivity (Wildman–Crippen MR) is 77.9 cm³/mol. The van der Waals surface area contributed by atoms with Crippen LogP contribution in [0.2, 0.25) is 0 Å². The quantitative estimate of drug-likeness (QED) is 0.578. The van der Waals surface area contributed by atoms with Crippen molar-refractivity contribution in [1.29, 1.82) is 5.41 Å². The van der Waals surface area contributed by atoms with E-state index in [0.29, 0.717) is 13.1 Å². The topological polar surface area (TPSA) is 105 Å². The summed E-state index contributed by atoms with van der Waals surface area (Å²) in [5, 5.41) is 7.96. The van der Waals surface area contributed by atoms with E-state index in [1.165, 1.54) is 0 Å². The van der Waals surface area contributed by atoms with Crippen LogP contribution in [0.1, 0.15) is 11.3 Å². The van der Waals surface area contributed by atoms with E-state index in [9.17, 15) is 0 Å². The van der Waals surface area contributed by atoms with Gasteiger partial charge in [-0.1, -0.05) is 30.3 Å². The molecule has 5 N–H and O–H groups in total. The van der Waals surface area contributed by atoms with E-state index in [4.69, 9.17) is 21.3 Å². The Hall–Kier alpha value is -2.76. The molecular formula is C14H17N5O. The monoisotopic (exact) mass is 271 g/mol. The van der Waals surface area contributed by atoms with Crippen molar-refractivity contribution in [3.63, 3.8) is 0 Å². The standard InChI is InChI=1S/C14H17N5O/c15-13(16)18-14(17)19(10-12-7-4-8-20-12)9-11-5-2-1-3-6-11/h1-8H,9-10H2,(H5,15,16,17,18). The number of aliphatic imine (C=N–C) groups is 1. The van der Waals surface area contributed by atoms with Gasteiger partial charge in [0.05, 0.1) is 12.8 Å². The van der Waals surface area contributed by atoms with Crippen molar-refractivity contribution in [3.05, 3.63) is 60.1 Å². The highest BCUT2D eigenvalue weighted by Gasteiger charge is 2.12. The first kappa shape index (κ1) is 13.7. The maximum absolute atomic E-state index is 7.96. The Balaban J connectivity index is 2.15. The molecule has 20 heavy (non-hydrogen) atoms. The fraction of sp³-hybridized carbons (Fsp3) is 0.143. The molecule has 0 atom stereocenters. The number of hydrogen-bond donors (Lipinski definition) is 3. The van der Waals surface area contributed by atoms with Gasteiger partial charge in [-0.2, -0.15) is 4.99 Å². The Morgan fingerprint density at radius 2 is 1.85 bits per heavy atom. The second-order valence-corrected chi connectivity index (χ2v) is 4.28. The van der Waals surface area contributed by atoms with Crippen molar-refractivity contribution in [1.82, 2.24) is 4.90 Å². The first-order chi connectivity index (χ1) is 9.65. The van der Waals surface area contributed by atoms with Crippen LogP contribution in [0.3, 0.4) is 0 Å². The largest absolute Gasteiger partial charge is 0.467 e. The van der Waals surface area contributed by atoms with Gasteiger partial charge in [-0.3, -0.25) is 5.41 Å².